The summed E-state index contributed by atoms with van der Waals surface area (Å²) in [4.78, 5) is 11.0. The Morgan fingerprint density at radius 2 is 1.37 bits per heavy atom. The minimum Gasteiger partial charge on any atom is -0.550 e. The van der Waals surface area contributed by atoms with Crippen LogP contribution in [0, 0.1) is 0 Å². The molecule has 0 spiro atoms. The molecule has 0 radical (unpaired) electrons. The molecular formula is C23H45NO3. The van der Waals surface area contributed by atoms with Gasteiger partial charge in [-0.25, -0.2) is 0 Å². The van der Waals surface area contributed by atoms with Gasteiger partial charge in [0, 0.05) is 12.4 Å². The van der Waals surface area contributed by atoms with E-state index in [9.17, 15) is 15.0 Å². The summed E-state index contributed by atoms with van der Waals surface area (Å²) in [5.41, 5.74) is -1.15. The number of hydrogen-bond acceptors (Lipinski definition) is 3. The van der Waals surface area contributed by atoms with Gasteiger partial charge in [0.05, 0.1) is 21.1 Å². The first kappa shape index (κ1) is 26.1. The summed E-state index contributed by atoms with van der Waals surface area (Å²) in [7, 11) is 5.92. The SMILES string of the molecule is CCCCCC/C=C\CCCCCCCC[C@@](O)(CC(=O)[O-])C[N+](C)(C)C. The molecule has 0 aromatic rings. The zero-order valence-electron chi connectivity index (χ0n) is 18.5. The van der Waals surface area contributed by atoms with Gasteiger partial charge in [0.2, 0.25) is 0 Å². The number of aliphatic hydroxyl groups is 1. The van der Waals surface area contributed by atoms with Crippen molar-refractivity contribution >= 4 is 5.97 Å². The first-order valence-corrected chi connectivity index (χ1v) is 11.1. The number of carboxylic acids is 1. The highest BCUT2D eigenvalue weighted by molar-refractivity contribution is 5.65. The zero-order valence-corrected chi connectivity index (χ0v) is 18.5. The number of hydrogen-bond donors (Lipinski definition) is 1. The Morgan fingerprint density at radius 3 is 1.85 bits per heavy atom. The predicted molar refractivity (Wildman–Crippen MR) is 112 cm³/mol. The number of unbranched alkanes of at least 4 members (excludes halogenated alkanes) is 10. The first-order chi connectivity index (χ1) is 12.7. The second-order valence-electron chi connectivity index (χ2n) is 9.20. The predicted octanol–water partition coefficient (Wildman–Crippen LogP) is 4.21. The molecule has 0 fully saturated rings. The average Bonchev–Trinajstić information content (AvgIpc) is 2.52. The second kappa shape index (κ2) is 15.1. The molecule has 4 nitrogen and oxygen atoms in total. The highest BCUT2D eigenvalue weighted by Gasteiger charge is 2.33. The molecule has 1 N–H and O–H groups in total. The maximum atomic E-state index is 11.0. The van der Waals surface area contributed by atoms with Crippen molar-refractivity contribution in [3.05, 3.63) is 12.2 Å². The van der Waals surface area contributed by atoms with Crippen molar-refractivity contribution in [3.63, 3.8) is 0 Å². The third-order valence-electron chi connectivity index (χ3n) is 4.90. The zero-order chi connectivity index (χ0) is 20.6. The maximum absolute atomic E-state index is 11.0. The van der Waals surface area contributed by atoms with Crippen LogP contribution >= 0.6 is 0 Å². The molecule has 0 aliphatic heterocycles. The Bertz CT molecular complexity index is 401. The van der Waals surface area contributed by atoms with Crippen LogP contribution in [0.25, 0.3) is 0 Å². The van der Waals surface area contributed by atoms with E-state index in [-0.39, 0.29) is 6.42 Å². The van der Waals surface area contributed by atoms with Crippen LogP contribution in [-0.4, -0.2) is 48.8 Å². The molecule has 0 amide bonds. The van der Waals surface area contributed by atoms with Crippen molar-refractivity contribution in [3.8, 4) is 0 Å². The molecule has 27 heavy (non-hydrogen) atoms. The van der Waals surface area contributed by atoms with E-state index in [1.165, 1.54) is 57.8 Å². The molecule has 0 aromatic carbocycles. The summed E-state index contributed by atoms with van der Waals surface area (Å²) in [6.07, 6.45) is 19.5. The van der Waals surface area contributed by atoms with Crippen LogP contribution in [0.3, 0.4) is 0 Å². The number of carboxylic acid groups (broad SMARTS) is 1. The number of carbonyl (C=O) groups excluding carboxylic acids is 1. The molecule has 0 saturated heterocycles. The lowest BCUT2D eigenvalue weighted by atomic mass is 9.91. The van der Waals surface area contributed by atoms with Crippen molar-refractivity contribution < 1.29 is 19.5 Å². The monoisotopic (exact) mass is 383 g/mol. The summed E-state index contributed by atoms with van der Waals surface area (Å²) < 4.78 is 0.551. The normalized spacial score (nSPS) is 14.6. The minimum atomic E-state index is -1.16. The fourth-order valence-corrected chi connectivity index (χ4v) is 3.72. The largest absolute Gasteiger partial charge is 0.550 e. The van der Waals surface area contributed by atoms with Crippen LogP contribution in [0.1, 0.15) is 96.8 Å². The van der Waals surface area contributed by atoms with E-state index in [1.54, 1.807) is 0 Å². The molecule has 1 atom stereocenters. The average molecular weight is 384 g/mol. The van der Waals surface area contributed by atoms with E-state index in [2.05, 4.69) is 19.1 Å². The summed E-state index contributed by atoms with van der Waals surface area (Å²) in [5.74, 6) is -1.16. The van der Waals surface area contributed by atoms with Crippen LogP contribution in [-0.2, 0) is 4.79 Å². The van der Waals surface area contributed by atoms with Crippen molar-refractivity contribution in [2.24, 2.45) is 0 Å². The highest BCUT2D eigenvalue weighted by atomic mass is 16.4. The number of allylic oxidation sites excluding steroid dienone is 2. The van der Waals surface area contributed by atoms with Gasteiger partial charge in [0.25, 0.3) is 0 Å². The molecular weight excluding hydrogens is 338 g/mol. The van der Waals surface area contributed by atoms with Gasteiger partial charge < -0.3 is 19.5 Å². The Kier molecular flexibility index (Phi) is 14.6. The number of nitrogens with zero attached hydrogens (tertiary/aromatic N) is 1. The number of carbonyl (C=O) groups is 1. The summed E-state index contributed by atoms with van der Waals surface area (Å²) >= 11 is 0. The van der Waals surface area contributed by atoms with Crippen LogP contribution in [0.2, 0.25) is 0 Å². The quantitative estimate of drug-likeness (QED) is 0.219. The van der Waals surface area contributed by atoms with Crippen LogP contribution in [0.15, 0.2) is 12.2 Å². The molecule has 4 heteroatoms. The smallest absolute Gasteiger partial charge is 0.119 e. The Labute approximate surface area is 168 Å². The Hall–Kier alpha value is -0.870. The molecule has 0 aromatic heterocycles. The van der Waals surface area contributed by atoms with Gasteiger partial charge in [-0.1, -0.05) is 70.4 Å². The molecule has 160 valence electrons. The van der Waals surface area contributed by atoms with Gasteiger partial charge in [0.15, 0.2) is 0 Å². The number of rotatable bonds is 18. The second-order valence-corrected chi connectivity index (χ2v) is 9.20. The van der Waals surface area contributed by atoms with Crippen molar-refractivity contribution in [2.45, 2.75) is 102 Å². The Balaban J connectivity index is 3.73. The molecule has 0 rings (SSSR count). The van der Waals surface area contributed by atoms with E-state index >= 15 is 0 Å². The van der Waals surface area contributed by atoms with Crippen molar-refractivity contribution in [1.82, 2.24) is 0 Å². The standard InChI is InChI=1S/C23H45NO3/c1-5-6-7-8-9-10-11-12-13-14-15-16-17-18-19-23(27,20-22(25)26)21-24(2,3)4/h10-11,27H,5-9,12-21H2,1-4H3/b11-10-/t23-/m1/s1. The van der Waals surface area contributed by atoms with Gasteiger partial charge >= 0.3 is 0 Å². The maximum Gasteiger partial charge on any atom is 0.119 e. The van der Waals surface area contributed by atoms with E-state index in [0.717, 1.165) is 19.3 Å². The summed E-state index contributed by atoms with van der Waals surface area (Å²) in [6.45, 7) is 2.68. The minimum absolute atomic E-state index is 0.271. The van der Waals surface area contributed by atoms with Gasteiger partial charge in [-0.3, -0.25) is 0 Å². The summed E-state index contributed by atoms with van der Waals surface area (Å²) in [5, 5.41) is 21.6. The van der Waals surface area contributed by atoms with Crippen molar-refractivity contribution in [1.29, 1.82) is 0 Å². The molecule has 0 saturated carbocycles. The molecule has 0 aliphatic rings. The third-order valence-corrected chi connectivity index (χ3v) is 4.90. The third kappa shape index (κ3) is 18.3. The number of quaternary nitrogens is 1. The lowest BCUT2D eigenvalue weighted by molar-refractivity contribution is -0.877. The highest BCUT2D eigenvalue weighted by Crippen LogP contribution is 2.22. The van der Waals surface area contributed by atoms with E-state index in [4.69, 9.17) is 0 Å². The van der Waals surface area contributed by atoms with Gasteiger partial charge in [-0.05, 0) is 32.1 Å². The fraction of sp³-hybridized carbons (Fsp3) is 0.870. The van der Waals surface area contributed by atoms with E-state index in [1.807, 2.05) is 21.1 Å². The number of likely N-dealkylation sites (N-methyl/N-ethyl adjacent to an activating group) is 1. The lowest BCUT2D eigenvalue weighted by Crippen LogP contribution is -2.51. The lowest BCUT2D eigenvalue weighted by Gasteiger charge is -2.36. The van der Waals surface area contributed by atoms with E-state index < -0.39 is 11.6 Å². The first-order valence-electron chi connectivity index (χ1n) is 11.1. The molecule has 0 bridgehead atoms. The van der Waals surface area contributed by atoms with Gasteiger partial charge in [-0.15, -0.1) is 0 Å². The summed E-state index contributed by atoms with van der Waals surface area (Å²) in [6, 6.07) is 0. The number of aliphatic carboxylic acids is 1. The molecule has 0 aliphatic carbocycles. The molecule has 0 unspecified atom stereocenters. The topological polar surface area (TPSA) is 60.4 Å². The van der Waals surface area contributed by atoms with E-state index in [0.29, 0.717) is 17.4 Å². The van der Waals surface area contributed by atoms with Gasteiger partial charge in [-0.2, -0.15) is 0 Å². The molecule has 0 heterocycles. The van der Waals surface area contributed by atoms with Crippen LogP contribution in [0.5, 0.6) is 0 Å². The van der Waals surface area contributed by atoms with Crippen molar-refractivity contribution in [2.75, 3.05) is 27.7 Å². The fourth-order valence-electron chi connectivity index (χ4n) is 3.72. The van der Waals surface area contributed by atoms with Crippen LogP contribution in [0.4, 0.5) is 0 Å². The van der Waals surface area contributed by atoms with Crippen LogP contribution < -0.4 is 5.11 Å². The Morgan fingerprint density at radius 1 is 0.889 bits per heavy atom. The van der Waals surface area contributed by atoms with Gasteiger partial charge in [0.1, 0.15) is 12.1 Å².